The Labute approximate surface area is 68.2 Å². The van der Waals surface area contributed by atoms with Crippen molar-refractivity contribution < 1.29 is 23.0 Å². The summed E-state index contributed by atoms with van der Waals surface area (Å²) in [6.45, 7) is 0.790. The Bertz CT molecular complexity index is 119. The van der Waals surface area contributed by atoms with Crippen LogP contribution in [0.25, 0.3) is 0 Å². The van der Waals surface area contributed by atoms with Crippen molar-refractivity contribution in [2.45, 2.75) is 12.5 Å². The lowest BCUT2D eigenvalue weighted by Crippen LogP contribution is -3.00. The third-order valence-corrected chi connectivity index (χ3v) is 1.49. The van der Waals surface area contributed by atoms with E-state index < -0.39 is 0 Å². The molecule has 1 atom stereocenters. The van der Waals surface area contributed by atoms with Crippen LogP contribution < -0.4 is 18.1 Å². The molecule has 5 heteroatoms. The van der Waals surface area contributed by atoms with Gasteiger partial charge in [0.1, 0.15) is 11.2 Å². The topological polar surface area (TPSA) is 49.2 Å². The molecule has 1 heterocycles. The zero-order valence-electron chi connectivity index (χ0n) is 4.81. The van der Waals surface area contributed by atoms with E-state index in [2.05, 4.69) is 26.8 Å². The van der Waals surface area contributed by atoms with Crippen molar-refractivity contribution in [1.82, 2.24) is 0 Å². The van der Waals surface area contributed by atoms with Crippen LogP contribution in [0.15, 0.2) is 5.16 Å². The number of hydrogen-bond acceptors (Lipinski definition) is 2. The summed E-state index contributed by atoms with van der Waals surface area (Å²) in [7, 11) is 0. The molecule has 1 aliphatic rings. The van der Waals surface area contributed by atoms with Gasteiger partial charge in [-0.1, -0.05) is 5.16 Å². The standard InChI is InChI=1S/C4H7BrN2O.ClH/c5-4-1-3(2-6)8-7-4;/h3H,1-2,6H2;1H. The van der Waals surface area contributed by atoms with Crippen LogP contribution in [-0.4, -0.2) is 17.3 Å². The number of quaternary nitrogens is 1. The maximum Gasteiger partial charge on any atom is 0.181 e. The van der Waals surface area contributed by atoms with Crippen molar-refractivity contribution in [2.75, 3.05) is 6.54 Å². The van der Waals surface area contributed by atoms with Gasteiger partial charge in [0.2, 0.25) is 0 Å². The predicted molar refractivity (Wildman–Crippen MR) is 33.6 cm³/mol. The first kappa shape index (κ1) is 9.20. The van der Waals surface area contributed by atoms with E-state index in [1.54, 1.807) is 0 Å². The van der Waals surface area contributed by atoms with Crippen LogP contribution in [0.1, 0.15) is 6.42 Å². The maximum absolute atomic E-state index is 4.89. The highest BCUT2D eigenvalue weighted by atomic mass is 79.9. The fraction of sp³-hybridized carbons (Fsp3) is 0.750. The molecule has 0 aromatic carbocycles. The highest BCUT2D eigenvalue weighted by Crippen LogP contribution is 2.11. The number of hydrogen-bond donors (Lipinski definition) is 1. The molecule has 0 spiro atoms. The molecular formula is C4H8BrClN2O. The molecule has 3 N–H and O–H groups in total. The first-order valence-corrected chi connectivity index (χ1v) is 3.29. The Kier molecular flexibility index (Phi) is 4.18. The van der Waals surface area contributed by atoms with Crippen molar-refractivity contribution in [3.63, 3.8) is 0 Å². The van der Waals surface area contributed by atoms with E-state index in [4.69, 9.17) is 4.84 Å². The molecule has 0 aromatic rings. The van der Waals surface area contributed by atoms with Gasteiger partial charge in [0.15, 0.2) is 6.10 Å². The van der Waals surface area contributed by atoms with Crippen LogP contribution in [0.5, 0.6) is 0 Å². The largest absolute Gasteiger partial charge is 1.00 e. The van der Waals surface area contributed by atoms with E-state index in [1.807, 2.05) is 0 Å². The summed E-state index contributed by atoms with van der Waals surface area (Å²) in [6.07, 6.45) is 1.09. The van der Waals surface area contributed by atoms with Crippen LogP contribution in [0.3, 0.4) is 0 Å². The monoisotopic (exact) mass is 214 g/mol. The Hall–Kier alpha value is 0.200. The molecule has 0 saturated carbocycles. The minimum atomic E-state index is 0. The summed E-state index contributed by atoms with van der Waals surface area (Å²) >= 11 is 3.22. The number of nitrogens with zero attached hydrogens (tertiary/aromatic N) is 1. The first-order valence-electron chi connectivity index (χ1n) is 2.50. The number of halogens is 2. The van der Waals surface area contributed by atoms with E-state index >= 15 is 0 Å². The summed E-state index contributed by atoms with van der Waals surface area (Å²) in [5.74, 6) is 0. The van der Waals surface area contributed by atoms with Gasteiger partial charge in [0.05, 0.1) is 0 Å². The van der Waals surface area contributed by atoms with Crippen LogP contribution in [0.4, 0.5) is 0 Å². The molecular weight excluding hydrogens is 207 g/mol. The highest BCUT2D eigenvalue weighted by Gasteiger charge is 2.18. The van der Waals surface area contributed by atoms with Gasteiger partial charge < -0.3 is 23.0 Å². The van der Waals surface area contributed by atoms with Gasteiger partial charge in [-0.05, 0) is 15.9 Å². The van der Waals surface area contributed by atoms with Gasteiger partial charge in [0, 0.05) is 6.42 Å². The Balaban J connectivity index is 0.000000640. The smallest absolute Gasteiger partial charge is 0.181 e. The Morgan fingerprint density at radius 3 is 2.78 bits per heavy atom. The quantitative estimate of drug-likeness (QED) is 0.490. The highest BCUT2D eigenvalue weighted by molar-refractivity contribution is 9.18. The molecule has 0 saturated heterocycles. The SMILES string of the molecule is [Cl-].[NH3+]CC1CC(Br)=NO1. The van der Waals surface area contributed by atoms with Gasteiger partial charge in [-0.2, -0.15) is 0 Å². The summed E-state index contributed by atoms with van der Waals surface area (Å²) < 4.78 is 0.895. The van der Waals surface area contributed by atoms with Crippen LogP contribution >= 0.6 is 15.9 Å². The molecule has 9 heavy (non-hydrogen) atoms. The zero-order chi connectivity index (χ0) is 5.98. The molecule has 54 valence electrons. The first-order chi connectivity index (χ1) is 3.83. The summed E-state index contributed by atoms with van der Waals surface area (Å²) in [5.41, 5.74) is 3.68. The van der Waals surface area contributed by atoms with Gasteiger partial charge in [-0.3, -0.25) is 0 Å². The molecule has 1 aliphatic heterocycles. The lowest BCUT2D eigenvalue weighted by atomic mass is 10.3. The van der Waals surface area contributed by atoms with Crippen molar-refractivity contribution in [3.8, 4) is 0 Å². The van der Waals surface area contributed by atoms with Gasteiger partial charge in [0.25, 0.3) is 0 Å². The molecule has 0 aliphatic carbocycles. The molecule has 0 fully saturated rings. The fourth-order valence-corrected chi connectivity index (χ4v) is 0.994. The molecule has 1 unspecified atom stereocenters. The van der Waals surface area contributed by atoms with Gasteiger partial charge >= 0.3 is 0 Å². The molecule has 0 amide bonds. The average molecular weight is 215 g/mol. The third-order valence-electron chi connectivity index (χ3n) is 1.02. The lowest BCUT2D eigenvalue weighted by Gasteiger charge is -1.97. The van der Waals surface area contributed by atoms with E-state index in [0.717, 1.165) is 17.6 Å². The van der Waals surface area contributed by atoms with Crippen molar-refractivity contribution in [2.24, 2.45) is 5.16 Å². The number of oxime groups is 1. The second-order valence-electron chi connectivity index (χ2n) is 1.69. The van der Waals surface area contributed by atoms with Crippen molar-refractivity contribution in [1.29, 1.82) is 0 Å². The predicted octanol–water partition coefficient (Wildman–Crippen LogP) is -3.27. The fourth-order valence-electron chi connectivity index (χ4n) is 0.549. The minimum Gasteiger partial charge on any atom is -1.00 e. The maximum atomic E-state index is 4.89. The second kappa shape index (κ2) is 4.09. The Morgan fingerprint density at radius 1 is 1.89 bits per heavy atom. The summed E-state index contributed by atoms with van der Waals surface area (Å²) in [4.78, 5) is 4.89. The molecule has 3 nitrogen and oxygen atoms in total. The summed E-state index contributed by atoms with van der Waals surface area (Å²) in [6, 6.07) is 0. The van der Waals surface area contributed by atoms with Crippen LogP contribution in [0, 0.1) is 0 Å². The van der Waals surface area contributed by atoms with Crippen LogP contribution in [0.2, 0.25) is 0 Å². The molecule has 1 rings (SSSR count). The minimum absolute atomic E-state index is 0. The lowest BCUT2D eigenvalue weighted by molar-refractivity contribution is -0.384. The van der Waals surface area contributed by atoms with E-state index in [0.29, 0.717) is 0 Å². The second-order valence-corrected chi connectivity index (χ2v) is 2.60. The van der Waals surface area contributed by atoms with E-state index in [1.165, 1.54) is 0 Å². The average Bonchev–Trinajstić information content (AvgIpc) is 2.14. The molecule has 0 radical (unpaired) electrons. The number of rotatable bonds is 1. The van der Waals surface area contributed by atoms with E-state index in [-0.39, 0.29) is 18.5 Å². The van der Waals surface area contributed by atoms with Crippen LogP contribution in [-0.2, 0) is 4.84 Å². The van der Waals surface area contributed by atoms with Crippen molar-refractivity contribution in [3.05, 3.63) is 0 Å². The zero-order valence-corrected chi connectivity index (χ0v) is 7.15. The van der Waals surface area contributed by atoms with E-state index in [9.17, 15) is 0 Å². The third kappa shape index (κ3) is 2.51. The van der Waals surface area contributed by atoms with Gasteiger partial charge in [-0.15, -0.1) is 0 Å². The Morgan fingerprint density at radius 2 is 2.56 bits per heavy atom. The molecule has 0 bridgehead atoms. The van der Waals surface area contributed by atoms with Crippen molar-refractivity contribution >= 4 is 20.6 Å². The normalized spacial score (nSPS) is 24.2. The van der Waals surface area contributed by atoms with Gasteiger partial charge in [-0.25, -0.2) is 0 Å². The molecule has 0 aromatic heterocycles. The summed E-state index contributed by atoms with van der Waals surface area (Å²) in [5, 5.41) is 3.68.